The molecule has 0 aliphatic rings. The van der Waals surface area contributed by atoms with Crippen molar-refractivity contribution in [3.63, 3.8) is 0 Å². The maximum absolute atomic E-state index is 10.6. The predicted octanol–water partition coefficient (Wildman–Crippen LogP) is 2.10. The third-order valence-corrected chi connectivity index (χ3v) is 1.30. The number of rotatable bonds is 4. The molecule has 0 atom stereocenters. The van der Waals surface area contributed by atoms with Crippen LogP contribution >= 0.6 is 0 Å². The van der Waals surface area contributed by atoms with Gasteiger partial charge in [0.2, 0.25) is 0 Å². The van der Waals surface area contributed by atoms with Crippen LogP contribution in [0.3, 0.4) is 0 Å². The lowest BCUT2D eigenvalue weighted by Crippen LogP contribution is -2.14. The Morgan fingerprint density at radius 3 is 2.38 bits per heavy atom. The molecule has 0 spiro atoms. The molecular weight excluding hydrogens is 176 g/mol. The third-order valence-electron chi connectivity index (χ3n) is 1.30. The quantitative estimate of drug-likeness (QED) is 0.386. The van der Waals surface area contributed by atoms with Crippen LogP contribution in [0.5, 0.6) is 0 Å². The van der Waals surface area contributed by atoms with Gasteiger partial charge in [-0.25, -0.2) is 9.59 Å². The molecule has 0 saturated heterocycles. The molecule has 0 radical (unpaired) electrons. The number of carbonyl (C=O) groups is 2. The van der Waals surface area contributed by atoms with E-state index < -0.39 is 12.3 Å². The predicted molar refractivity (Wildman–Crippen MR) is 44.4 cm³/mol. The molecule has 0 aromatic heterocycles. The summed E-state index contributed by atoms with van der Waals surface area (Å²) in [6.45, 7) is 2.30. The molecule has 0 bridgehead atoms. The number of ether oxygens (including phenoxy) is 3. The first-order valence-corrected chi connectivity index (χ1v) is 4.13. The summed E-state index contributed by atoms with van der Waals surface area (Å²) in [6, 6.07) is 0. The van der Waals surface area contributed by atoms with Crippen molar-refractivity contribution in [3.05, 3.63) is 0 Å². The number of hydrogen-bond donors (Lipinski definition) is 0. The number of carbonyl (C=O) groups excluding carboxylic acids is 2. The molecule has 0 fully saturated rings. The highest BCUT2D eigenvalue weighted by Crippen LogP contribution is 1.96. The molecule has 13 heavy (non-hydrogen) atoms. The van der Waals surface area contributed by atoms with E-state index in [1.165, 1.54) is 0 Å². The van der Waals surface area contributed by atoms with Crippen LogP contribution in [0.2, 0.25) is 0 Å². The van der Waals surface area contributed by atoms with Crippen molar-refractivity contribution < 1.29 is 23.8 Å². The Bertz CT molecular complexity index is 166. The van der Waals surface area contributed by atoms with Crippen LogP contribution < -0.4 is 0 Å². The Hall–Kier alpha value is -1.26. The van der Waals surface area contributed by atoms with Gasteiger partial charge in [0.25, 0.3) is 0 Å². The van der Waals surface area contributed by atoms with Gasteiger partial charge in [0, 0.05) is 0 Å². The van der Waals surface area contributed by atoms with Gasteiger partial charge >= 0.3 is 12.3 Å². The second-order valence-electron chi connectivity index (χ2n) is 2.36. The second kappa shape index (κ2) is 7.39. The summed E-state index contributed by atoms with van der Waals surface area (Å²) in [6.07, 6.45) is 0.719. The van der Waals surface area contributed by atoms with Gasteiger partial charge in [-0.15, -0.1) is 0 Å². The zero-order valence-corrected chi connectivity index (χ0v) is 7.87. The lowest BCUT2D eigenvalue weighted by atomic mass is 10.3. The Morgan fingerprint density at radius 1 is 1.15 bits per heavy atom. The number of unbranched alkanes of at least 4 members (excludes halogenated alkanes) is 2. The molecule has 0 aromatic carbocycles. The van der Waals surface area contributed by atoms with Gasteiger partial charge in [-0.1, -0.05) is 19.8 Å². The van der Waals surface area contributed by atoms with Gasteiger partial charge in [-0.05, 0) is 6.42 Å². The fourth-order valence-corrected chi connectivity index (χ4v) is 0.647. The summed E-state index contributed by atoms with van der Waals surface area (Å²) in [5, 5.41) is 0. The maximum Gasteiger partial charge on any atom is 0.518 e. The van der Waals surface area contributed by atoms with Crippen molar-refractivity contribution in [2.75, 3.05) is 13.7 Å². The molecule has 0 heterocycles. The summed E-state index contributed by atoms with van der Waals surface area (Å²) >= 11 is 0. The molecule has 0 amide bonds. The average molecular weight is 190 g/mol. The molecule has 0 aliphatic heterocycles. The van der Waals surface area contributed by atoms with E-state index in [-0.39, 0.29) is 6.61 Å². The van der Waals surface area contributed by atoms with Gasteiger partial charge < -0.3 is 14.2 Å². The van der Waals surface area contributed by atoms with Gasteiger partial charge in [0.05, 0.1) is 13.7 Å². The van der Waals surface area contributed by atoms with Crippen LogP contribution in [0.4, 0.5) is 9.59 Å². The van der Waals surface area contributed by atoms with E-state index in [1.807, 2.05) is 6.92 Å². The lowest BCUT2D eigenvalue weighted by molar-refractivity contribution is 0.0451. The standard InChI is InChI=1S/C8H14O5/c1-3-4-5-6-12-8(10)13-7(9)11-2/h3-6H2,1-2H3. The van der Waals surface area contributed by atoms with E-state index >= 15 is 0 Å². The molecule has 0 rings (SSSR count). The highest BCUT2D eigenvalue weighted by molar-refractivity contribution is 5.76. The second-order valence-corrected chi connectivity index (χ2v) is 2.36. The summed E-state index contributed by atoms with van der Waals surface area (Å²) < 4.78 is 12.7. The SMILES string of the molecule is CCCCCOC(=O)OC(=O)OC. The first-order chi connectivity index (χ1) is 6.20. The highest BCUT2D eigenvalue weighted by Gasteiger charge is 2.10. The van der Waals surface area contributed by atoms with Crippen LogP contribution in [-0.4, -0.2) is 26.0 Å². The highest BCUT2D eigenvalue weighted by atomic mass is 16.8. The lowest BCUT2D eigenvalue weighted by Gasteiger charge is -2.02. The Kier molecular flexibility index (Phi) is 6.68. The van der Waals surface area contributed by atoms with Crippen molar-refractivity contribution in [3.8, 4) is 0 Å². The molecule has 0 unspecified atom stereocenters. The maximum atomic E-state index is 10.6. The molecule has 0 N–H and O–H groups in total. The van der Waals surface area contributed by atoms with Crippen molar-refractivity contribution in [1.29, 1.82) is 0 Å². The molecule has 0 aliphatic carbocycles. The van der Waals surface area contributed by atoms with E-state index in [2.05, 4.69) is 14.2 Å². The van der Waals surface area contributed by atoms with E-state index in [1.54, 1.807) is 0 Å². The van der Waals surface area contributed by atoms with Crippen molar-refractivity contribution in [2.45, 2.75) is 26.2 Å². The largest absolute Gasteiger partial charge is 0.518 e. The van der Waals surface area contributed by atoms with E-state index in [0.29, 0.717) is 0 Å². The van der Waals surface area contributed by atoms with Crippen molar-refractivity contribution in [1.82, 2.24) is 0 Å². The third kappa shape index (κ3) is 7.11. The molecule has 76 valence electrons. The van der Waals surface area contributed by atoms with Gasteiger partial charge in [0.1, 0.15) is 0 Å². The van der Waals surface area contributed by atoms with Gasteiger partial charge in [-0.2, -0.15) is 0 Å². The Morgan fingerprint density at radius 2 is 1.85 bits per heavy atom. The average Bonchev–Trinajstić information content (AvgIpc) is 2.12. The number of hydrogen-bond acceptors (Lipinski definition) is 5. The molecule has 5 nitrogen and oxygen atoms in total. The Balaban J connectivity index is 3.35. The summed E-state index contributed by atoms with van der Waals surface area (Å²) in [5.74, 6) is 0. The zero-order chi connectivity index (χ0) is 10.1. The molecule has 0 aromatic rings. The molecular formula is C8H14O5. The summed E-state index contributed by atoms with van der Waals surface area (Å²) in [7, 11) is 1.12. The zero-order valence-electron chi connectivity index (χ0n) is 7.87. The van der Waals surface area contributed by atoms with Gasteiger partial charge in [-0.3, -0.25) is 0 Å². The monoisotopic (exact) mass is 190 g/mol. The molecule has 5 heteroatoms. The Labute approximate surface area is 77.0 Å². The van der Waals surface area contributed by atoms with Crippen molar-refractivity contribution >= 4 is 12.3 Å². The van der Waals surface area contributed by atoms with Gasteiger partial charge in [0.15, 0.2) is 0 Å². The van der Waals surface area contributed by atoms with Crippen molar-refractivity contribution in [2.24, 2.45) is 0 Å². The minimum atomic E-state index is -1.06. The fourth-order valence-electron chi connectivity index (χ4n) is 0.647. The number of methoxy groups -OCH3 is 1. The minimum absolute atomic E-state index is 0.268. The first kappa shape index (κ1) is 11.7. The van der Waals surface area contributed by atoms with Crippen LogP contribution in [0.1, 0.15) is 26.2 Å². The minimum Gasteiger partial charge on any atom is -0.437 e. The normalized spacial score (nSPS) is 9.08. The smallest absolute Gasteiger partial charge is 0.437 e. The van der Waals surface area contributed by atoms with E-state index in [4.69, 9.17) is 0 Å². The van der Waals surface area contributed by atoms with E-state index in [0.717, 1.165) is 26.4 Å². The first-order valence-electron chi connectivity index (χ1n) is 4.13. The van der Waals surface area contributed by atoms with Crippen LogP contribution in [0, 0.1) is 0 Å². The topological polar surface area (TPSA) is 61.8 Å². The van der Waals surface area contributed by atoms with E-state index in [9.17, 15) is 9.59 Å². The molecule has 0 saturated carbocycles. The summed E-state index contributed by atoms with van der Waals surface area (Å²) in [4.78, 5) is 21.0. The van der Waals surface area contributed by atoms with Crippen LogP contribution in [0.15, 0.2) is 0 Å². The fraction of sp³-hybridized carbons (Fsp3) is 0.750. The van der Waals surface area contributed by atoms with Crippen LogP contribution in [0.25, 0.3) is 0 Å². The summed E-state index contributed by atoms with van der Waals surface area (Å²) in [5.41, 5.74) is 0. The van der Waals surface area contributed by atoms with Crippen LogP contribution in [-0.2, 0) is 14.2 Å².